The summed E-state index contributed by atoms with van der Waals surface area (Å²) in [5, 5.41) is 2.96. The summed E-state index contributed by atoms with van der Waals surface area (Å²) in [7, 11) is 0. The number of piperidine rings is 1. The fourth-order valence-electron chi connectivity index (χ4n) is 3.17. The van der Waals surface area contributed by atoms with Crippen LogP contribution in [0, 0.1) is 11.8 Å². The number of nitrogens with zero attached hydrogens (tertiary/aromatic N) is 1. The van der Waals surface area contributed by atoms with E-state index >= 15 is 0 Å². The van der Waals surface area contributed by atoms with Crippen LogP contribution in [0.5, 0.6) is 0 Å². The first-order valence-corrected chi connectivity index (χ1v) is 7.60. The Kier molecular flexibility index (Phi) is 6.27. The van der Waals surface area contributed by atoms with Gasteiger partial charge in [0.15, 0.2) is 0 Å². The summed E-state index contributed by atoms with van der Waals surface area (Å²) >= 11 is 0. The molecule has 3 N–H and O–H groups in total. The fraction of sp³-hybridized carbons (Fsp3) is 0.933. The lowest BCUT2D eigenvalue weighted by atomic mass is 9.84. The molecule has 0 aromatic heterocycles. The van der Waals surface area contributed by atoms with Gasteiger partial charge in [-0.15, -0.1) is 0 Å². The van der Waals surface area contributed by atoms with E-state index < -0.39 is 0 Å². The molecular weight excluding hydrogens is 238 g/mol. The summed E-state index contributed by atoms with van der Waals surface area (Å²) in [6.07, 6.45) is 1.78. The van der Waals surface area contributed by atoms with Crippen LogP contribution in [0.3, 0.4) is 0 Å². The maximum atomic E-state index is 11.9. The number of nitrogens with one attached hydrogen (secondary N) is 1. The summed E-state index contributed by atoms with van der Waals surface area (Å²) in [5.41, 5.74) is 5.91. The third-order valence-corrected chi connectivity index (χ3v) is 4.26. The van der Waals surface area contributed by atoms with Crippen LogP contribution in [0.1, 0.15) is 47.5 Å². The second-order valence-corrected chi connectivity index (χ2v) is 6.57. The fourth-order valence-corrected chi connectivity index (χ4v) is 3.17. The van der Waals surface area contributed by atoms with E-state index in [-0.39, 0.29) is 18.0 Å². The van der Waals surface area contributed by atoms with Crippen molar-refractivity contribution >= 4 is 5.91 Å². The molecule has 1 aliphatic rings. The maximum absolute atomic E-state index is 11.9. The second kappa shape index (κ2) is 7.25. The number of rotatable bonds is 5. The van der Waals surface area contributed by atoms with E-state index in [9.17, 15) is 4.79 Å². The third-order valence-electron chi connectivity index (χ3n) is 4.26. The molecule has 1 aliphatic heterocycles. The van der Waals surface area contributed by atoms with Gasteiger partial charge in [0.2, 0.25) is 5.91 Å². The highest BCUT2D eigenvalue weighted by Crippen LogP contribution is 2.28. The van der Waals surface area contributed by atoms with Gasteiger partial charge in [0, 0.05) is 37.6 Å². The molecule has 4 nitrogen and oxygen atoms in total. The Morgan fingerprint density at radius 1 is 1.37 bits per heavy atom. The van der Waals surface area contributed by atoms with E-state index in [0.29, 0.717) is 30.8 Å². The normalized spacial score (nSPS) is 30.4. The summed E-state index contributed by atoms with van der Waals surface area (Å²) < 4.78 is 0. The zero-order valence-corrected chi connectivity index (χ0v) is 13.1. The zero-order valence-electron chi connectivity index (χ0n) is 13.1. The predicted molar refractivity (Wildman–Crippen MR) is 79.9 cm³/mol. The van der Waals surface area contributed by atoms with Crippen molar-refractivity contribution in [1.29, 1.82) is 0 Å². The number of likely N-dealkylation sites (tertiary alicyclic amines) is 1. The van der Waals surface area contributed by atoms with Crippen molar-refractivity contribution in [1.82, 2.24) is 10.2 Å². The standard InChI is InChI=1S/C15H31N3O/c1-10(2)17-15(19)7-14(8-16)18-9-11(3)6-12(4)13(18)5/h10-14H,6-9,16H2,1-5H3,(H,17,19). The van der Waals surface area contributed by atoms with Crippen molar-refractivity contribution in [2.75, 3.05) is 13.1 Å². The van der Waals surface area contributed by atoms with Crippen LogP contribution in [0.25, 0.3) is 0 Å². The van der Waals surface area contributed by atoms with Crippen LogP contribution in [0.4, 0.5) is 0 Å². The molecule has 0 aromatic carbocycles. The van der Waals surface area contributed by atoms with Crippen LogP contribution in [-0.4, -0.2) is 42.0 Å². The van der Waals surface area contributed by atoms with E-state index in [1.807, 2.05) is 13.8 Å². The van der Waals surface area contributed by atoms with Crippen molar-refractivity contribution in [2.24, 2.45) is 17.6 Å². The zero-order chi connectivity index (χ0) is 14.6. The minimum atomic E-state index is 0.114. The van der Waals surface area contributed by atoms with Gasteiger partial charge in [-0.05, 0) is 39.0 Å². The second-order valence-electron chi connectivity index (χ2n) is 6.57. The van der Waals surface area contributed by atoms with E-state index in [2.05, 4.69) is 31.0 Å². The molecule has 0 radical (unpaired) electrons. The molecular formula is C15H31N3O. The number of carbonyl (C=O) groups is 1. The molecule has 1 fully saturated rings. The average Bonchev–Trinajstić information content (AvgIpc) is 2.30. The maximum Gasteiger partial charge on any atom is 0.221 e. The molecule has 0 aromatic rings. The number of nitrogens with two attached hydrogens (primary N) is 1. The highest BCUT2D eigenvalue weighted by molar-refractivity contribution is 5.76. The highest BCUT2D eigenvalue weighted by atomic mass is 16.1. The Labute approximate surface area is 118 Å². The van der Waals surface area contributed by atoms with Crippen LogP contribution in [-0.2, 0) is 4.79 Å². The van der Waals surface area contributed by atoms with Gasteiger partial charge in [-0.1, -0.05) is 13.8 Å². The summed E-state index contributed by atoms with van der Waals surface area (Å²) in [6.45, 7) is 12.4. The van der Waals surface area contributed by atoms with Crippen molar-refractivity contribution in [3.8, 4) is 0 Å². The van der Waals surface area contributed by atoms with E-state index in [0.717, 1.165) is 6.54 Å². The average molecular weight is 269 g/mol. The highest BCUT2D eigenvalue weighted by Gasteiger charge is 2.33. The minimum absolute atomic E-state index is 0.114. The Hall–Kier alpha value is -0.610. The largest absolute Gasteiger partial charge is 0.354 e. The predicted octanol–water partition coefficient (Wildman–Crippen LogP) is 1.59. The van der Waals surface area contributed by atoms with Gasteiger partial charge in [-0.2, -0.15) is 0 Å². The van der Waals surface area contributed by atoms with E-state index in [4.69, 9.17) is 5.73 Å². The topological polar surface area (TPSA) is 58.4 Å². The Morgan fingerprint density at radius 2 is 2.00 bits per heavy atom. The Balaban J connectivity index is 2.64. The van der Waals surface area contributed by atoms with E-state index in [1.165, 1.54) is 6.42 Å². The molecule has 1 rings (SSSR count). The van der Waals surface area contributed by atoms with Gasteiger partial charge in [-0.25, -0.2) is 0 Å². The van der Waals surface area contributed by atoms with Crippen LogP contribution >= 0.6 is 0 Å². The van der Waals surface area contributed by atoms with E-state index in [1.54, 1.807) is 0 Å². The molecule has 1 saturated heterocycles. The number of carbonyl (C=O) groups excluding carboxylic acids is 1. The van der Waals surface area contributed by atoms with Crippen molar-refractivity contribution < 1.29 is 4.79 Å². The third kappa shape index (κ3) is 4.77. The smallest absolute Gasteiger partial charge is 0.221 e. The van der Waals surface area contributed by atoms with Gasteiger partial charge in [0.1, 0.15) is 0 Å². The SMILES string of the molecule is CC1CC(C)C(C)N(C(CN)CC(=O)NC(C)C)C1. The minimum Gasteiger partial charge on any atom is -0.354 e. The quantitative estimate of drug-likeness (QED) is 0.797. The molecule has 0 bridgehead atoms. The van der Waals surface area contributed by atoms with Crippen molar-refractivity contribution in [2.45, 2.75) is 65.6 Å². The molecule has 19 heavy (non-hydrogen) atoms. The van der Waals surface area contributed by atoms with Gasteiger partial charge >= 0.3 is 0 Å². The Bertz CT molecular complexity index is 293. The summed E-state index contributed by atoms with van der Waals surface area (Å²) in [4.78, 5) is 14.4. The molecule has 1 amide bonds. The van der Waals surface area contributed by atoms with Gasteiger partial charge < -0.3 is 11.1 Å². The molecule has 0 saturated carbocycles. The molecule has 4 heteroatoms. The van der Waals surface area contributed by atoms with Gasteiger partial charge in [-0.3, -0.25) is 9.69 Å². The first kappa shape index (κ1) is 16.4. The number of hydrogen-bond donors (Lipinski definition) is 2. The lowest BCUT2D eigenvalue weighted by molar-refractivity contribution is -0.123. The van der Waals surface area contributed by atoms with Crippen molar-refractivity contribution in [3.63, 3.8) is 0 Å². The molecule has 112 valence electrons. The lowest BCUT2D eigenvalue weighted by Crippen LogP contribution is -2.54. The van der Waals surface area contributed by atoms with Crippen LogP contribution in [0.2, 0.25) is 0 Å². The lowest BCUT2D eigenvalue weighted by Gasteiger charge is -2.45. The summed E-state index contributed by atoms with van der Waals surface area (Å²) in [6, 6.07) is 0.873. The molecule has 4 atom stereocenters. The molecule has 1 heterocycles. The monoisotopic (exact) mass is 269 g/mol. The van der Waals surface area contributed by atoms with Gasteiger partial charge in [0.25, 0.3) is 0 Å². The van der Waals surface area contributed by atoms with Crippen molar-refractivity contribution in [3.05, 3.63) is 0 Å². The number of amides is 1. The molecule has 0 aliphatic carbocycles. The van der Waals surface area contributed by atoms with Gasteiger partial charge in [0.05, 0.1) is 0 Å². The van der Waals surface area contributed by atoms with Crippen LogP contribution < -0.4 is 11.1 Å². The molecule has 4 unspecified atom stereocenters. The van der Waals surface area contributed by atoms with Crippen LogP contribution in [0.15, 0.2) is 0 Å². The number of hydrogen-bond acceptors (Lipinski definition) is 3. The molecule has 0 spiro atoms. The Morgan fingerprint density at radius 3 is 2.53 bits per heavy atom. The summed E-state index contributed by atoms with van der Waals surface area (Å²) in [5.74, 6) is 1.47. The first-order chi connectivity index (χ1) is 8.85. The first-order valence-electron chi connectivity index (χ1n) is 7.60.